The first-order valence-corrected chi connectivity index (χ1v) is 10.1. The Morgan fingerprint density at radius 3 is 2.45 bits per heavy atom. The molecule has 4 aromatic rings. The van der Waals surface area contributed by atoms with Crippen molar-refractivity contribution in [3.63, 3.8) is 0 Å². The highest BCUT2D eigenvalue weighted by Gasteiger charge is 2.22. The molecule has 0 unspecified atom stereocenters. The molecular weight excluding hydrogens is 414 g/mol. The Hall–Kier alpha value is -3.57. The summed E-state index contributed by atoms with van der Waals surface area (Å²) in [7, 11) is 0. The average molecular weight is 434 g/mol. The Morgan fingerprint density at radius 1 is 1.00 bits per heavy atom. The molecule has 3 aromatic carbocycles. The Bertz CT molecular complexity index is 1330. The fourth-order valence-electron chi connectivity index (χ4n) is 3.26. The molecule has 1 amide bonds. The normalized spacial score (nSPS) is 10.8. The van der Waals surface area contributed by atoms with E-state index < -0.39 is 5.91 Å². The highest BCUT2D eigenvalue weighted by atomic mass is 35.5. The number of aryl methyl sites for hydroxylation is 1. The topological polar surface area (TPSA) is 68.5 Å². The summed E-state index contributed by atoms with van der Waals surface area (Å²) >= 11 is 6.21. The molecule has 0 aliphatic carbocycles. The van der Waals surface area contributed by atoms with E-state index in [-0.39, 0.29) is 23.2 Å². The van der Waals surface area contributed by atoms with E-state index in [1.165, 1.54) is 0 Å². The second kappa shape index (κ2) is 8.66. The maximum absolute atomic E-state index is 13.3. The molecule has 0 fully saturated rings. The van der Waals surface area contributed by atoms with Crippen LogP contribution in [0.4, 0.5) is 5.69 Å². The van der Waals surface area contributed by atoms with Crippen molar-refractivity contribution < 1.29 is 13.9 Å². The second-order valence-corrected chi connectivity index (χ2v) is 7.54. The maximum atomic E-state index is 13.3. The summed E-state index contributed by atoms with van der Waals surface area (Å²) in [5.74, 6) is 0.282. The molecule has 0 radical (unpaired) electrons. The number of nitrogens with one attached hydrogen (secondary N) is 1. The van der Waals surface area contributed by atoms with Gasteiger partial charge in [-0.25, -0.2) is 0 Å². The number of benzene rings is 3. The third-order valence-corrected chi connectivity index (χ3v) is 5.40. The molecule has 1 N–H and O–H groups in total. The van der Waals surface area contributed by atoms with E-state index in [9.17, 15) is 9.59 Å². The summed E-state index contributed by atoms with van der Waals surface area (Å²) in [6.07, 6.45) is 0. The quantitative estimate of drug-likeness (QED) is 0.425. The van der Waals surface area contributed by atoms with Crippen molar-refractivity contribution in [1.82, 2.24) is 0 Å². The lowest BCUT2D eigenvalue weighted by atomic mass is 10.1. The zero-order chi connectivity index (χ0) is 22.0. The predicted octanol–water partition coefficient (Wildman–Crippen LogP) is 5.89. The van der Waals surface area contributed by atoms with E-state index in [1.807, 2.05) is 30.3 Å². The molecule has 4 rings (SSSR count). The molecule has 156 valence electrons. The minimum atomic E-state index is -0.479. The number of carbonyl (C=O) groups excluding carboxylic acids is 1. The number of amides is 1. The van der Waals surface area contributed by atoms with Crippen LogP contribution in [0.25, 0.3) is 11.0 Å². The molecular formula is C25H20ClNO4. The van der Waals surface area contributed by atoms with Gasteiger partial charge in [-0.05, 0) is 43.7 Å². The van der Waals surface area contributed by atoms with Crippen molar-refractivity contribution in [2.45, 2.75) is 20.5 Å². The predicted molar refractivity (Wildman–Crippen MR) is 122 cm³/mol. The maximum Gasteiger partial charge on any atom is 0.263 e. The smallest absolute Gasteiger partial charge is 0.263 e. The summed E-state index contributed by atoms with van der Waals surface area (Å²) < 4.78 is 11.9. The number of carbonyl (C=O) groups is 1. The summed E-state index contributed by atoms with van der Waals surface area (Å²) in [6.45, 7) is 3.65. The zero-order valence-corrected chi connectivity index (χ0v) is 17.8. The number of ether oxygens (including phenoxy) is 1. The zero-order valence-electron chi connectivity index (χ0n) is 17.1. The Morgan fingerprint density at radius 2 is 1.71 bits per heavy atom. The molecule has 1 aromatic heterocycles. The van der Waals surface area contributed by atoms with Gasteiger partial charge in [-0.1, -0.05) is 54.1 Å². The Balaban J connectivity index is 1.82. The van der Waals surface area contributed by atoms with E-state index in [0.29, 0.717) is 33.2 Å². The van der Waals surface area contributed by atoms with Gasteiger partial charge in [0.1, 0.15) is 23.7 Å². The van der Waals surface area contributed by atoms with Gasteiger partial charge in [0.05, 0.1) is 16.1 Å². The van der Waals surface area contributed by atoms with Crippen LogP contribution in [0, 0.1) is 13.8 Å². The standard InChI is InChI=1S/C25H20ClNO4/c1-15-16(2)31-24-18(23(15)28)12-13-21(30-14-17-8-4-3-5-9-17)22(24)25(29)27-20-11-7-6-10-19(20)26/h3-13H,14H2,1-2H3,(H,27,29). The van der Waals surface area contributed by atoms with Crippen LogP contribution in [-0.2, 0) is 6.61 Å². The molecule has 1 heterocycles. The van der Waals surface area contributed by atoms with E-state index in [4.69, 9.17) is 20.8 Å². The molecule has 0 saturated heterocycles. The molecule has 0 aliphatic rings. The first-order valence-electron chi connectivity index (χ1n) is 9.75. The molecule has 31 heavy (non-hydrogen) atoms. The highest BCUT2D eigenvalue weighted by molar-refractivity contribution is 6.34. The van der Waals surface area contributed by atoms with Gasteiger partial charge in [0.15, 0.2) is 11.0 Å². The van der Waals surface area contributed by atoms with Crippen molar-refractivity contribution in [1.29, 1.82) is 0 Å². The van der Waals surface area contributed by atoms with Crippen LogP contribution >= 0.6 is 11.6 Å². The third kappa shape index (κ3) is 4.18. The Kier molecular flexibility index (Phi) is 5.78. The summed E-state index contributed by atoms with van der Waals surface area (Å²) in [6, 6.07) is 19.8. The largest absolute Gasteiger partial charge is 0.488 e. The lowest BCUT2D eigenvalue weighted by Gasteiger charge is -2.15. The second-order valence-electron chi connectivity index (χ2n) is 7.14. The molecule has 5 nitrogen and oxygen atoms in total. The highest BCUT2D eigenvalue weighted by Crippen LogP contribution is 2.31. The number of rotatable bonds is 5. The number of fused-ring (bicyclic) bond motifs is 1. The summed E-state index contributed by atoms with van der Waals surface area (Å²) in [5.41, 5.74) is 2.05. The fraction of sp³-hybridized carbons (Fsp3) is 0.120. The van der Waals surface area contributed by atoms with E-state index in [1.54, 1.807) is 50.2 Å². The number of para-hydroxylation sites is 1. The number of hydrogen-bond donors (Lipinski definition) is 1. The minimum Gasteiger partial charge on any atom is -0.488 e. The molecule has 0 atom stereocenters. The van der Waals surface area contributed by atoms with E-state index >= 15 is 0 Å². The van der Waals surface area contributed by atoms with Gasteiger partial charge in [-0.3, -0.25) is 9.59 Å². The third-order valence-electron chi connectivity index (χ3n) is 5.07. The van der Waals surface area contributed by atoms with Crippen LogP contribution in [0.2, 0.25) is 5.02 Å². The molecule has 0 aliphatic heterocycles. The first-order chi connectivity index (χ1) is 15.0. The van der Waals surface area contributed by atoms with Gasteiger partial charge in [0.25, 0.3) is 5.91 Å². The lowest BCUT2D eigenvalue weighted by molar-refractivity contribution is 0.102. The Labute approximate surface area is 184 Å². The summed E-state index contributed by atoms with van der Waals surface area (Å²) in [4.78, 5) is 26.1. The first kappa shape index (κ1) is 20.7. The lowest BCUT2D eigenvalue weighted by Crippen LogP contribution is -2.17. The van der Waals surface area contributed by atoms with Gasteiger partial charge in [0.2, 0.25) is 0 Å². The fourth-order valence-corrected chi connectivity index (χ4v) is 3.44. The molecule has 0 saturated carbocycles. The van der Waals surface area contributed by atoms with Crippen molar-refractivity contribution in [2.75, 3.05) is 5.32 Å². The van der Waals surface area contributed by atoms with Gasteiger partial charge in [-0.15, -0.1) is 0 Å². The van der Waals surface area contributed by atoms with Gasteiger partial charge in [-0.2, -0.15) is 0 Å². The summed E-state index contributed by atoms with van der Waals surface area (Å²) in [5, 5.41) is 3.52. The average Bonchev–Trinajstić information content (AvgIpc) is 2.78. The van der Waals surface area contributed by atoms with Crippen LogP contribution in [0.3, 0.4) is 0 Å². The van der Waals surface area contributed by atoms with Crippen molar-refractivity contribution >= 4 is 34.2 Å². The van der Waals surface area contributed by atoms with Crippen LogP contribution in [-0.4, -0.2) is 5.91 Å². The minimum absolute atomic E-state index is 0.147. The number of hydrogen-bond acceptors (Lipinski definition) is 4. The van der Waals surface area contributed by atoms with Gasteiger partial charge < -0.3 is 14.5 Å². The molecule has 0 bridgehead atoms. The van der Waals surface area contributed by atoms with E-state index in [0.717, 1.165) is 5.56 Å². The number of anilines is 1. The number of halogens is 1. The van der Waals surface area contributed by atoms with Crippen LogP contribution in [0.5, 0.6) is 5.75 Å². The van der Waals surface area contributed by atoms with Gasteiger partial charge in [0, 0.05) is 5.56 Å². The van der Waals surface area contributed by atoms with Crippen molar-refractivity contribution in [3.05, 3.63) is 104 Å². The monoisotopic (exact) mass is 433 g/mol. The molecule has 0 spiro atoms. The van der Waals surface area contributed by atoms with E-state index in [2.05, 4.69) is 5.32 Å². The van der Waals surface area contributed by atoms with Crippen molar-refractivity contribution in [2.24, 2.45) is 0 Å². The SMILES string of the molecule is Cc1oc2c(C(=O)Nc3ccccc3Cl)c(OCc3ccccc3)ccc2c(=O)c1C. The van der Waals surface area contributed by atoms with Crippen LogP contribution in [0.1, 0.15) is 27.2 Å². The van der Waals surface area contributed by atoms with Gasteiger partial charge >= 0.3 is 0 Å². The molecule has 6 heteroatoms. The van der Waals surface area contributed by atoms with Crippen LogP contribution in [0.15, 0.2) is 75.9 Å². The van der Waals surface area contributed by atoms with Crippen molar-refractivity contribution in [3.8, 4) is 5.75 Å². The van der Waals surface area contributed by atoms with Crippen LogP contribution < -0.4 is 15.5 Å².